The van der Waals surface area contributed by atoms with E-state index in [9.17, 15) is 14.4 Å². The first-order chi connectivity index (χ1) is 14.8. The third-order valence-corrected chi connectivity index (χ3v) is 5.01. The van der Waals surface area contributed by atoms with Crippen LogP contribution in [0.25, 0.3) is 10.8 Å². The van der Waals surface area contributed by atoms with Crippen molar-refractivity contribution in [2.45, 2.75) is 45.2 Å². The smallest absolute Gasteiger partial charge is 0.303 e. The molecule has 1 fully saturated rings. The zero-order chi connectivity index (χ0) is 22.1. The fraction of sp³-hybridized carbons (Fsp3) is 0.364. The second-order valence-electron chi connectivity index (χ2n) is 7.35. The molecule has 1 N–H and O–H groups in total. The molecule has 9 nitrogen and oxygen atoms in total. The van der Waals surface area contributed by atoms with Crippen molar-refractivity contribution in [3.63, 3.8) is 0 Å². The summed E-state index contributed by atoms with van der Waals surface area (Å²) in [4.78, 5) is 39.8. The summed E-state index contributed by atoms with van der Waals surface area (Å²) in [5, 5.41) is 5.24. The van der Waals surface area contributed by atoms with Gasteiger partial charge in [-0.1, -0.05) is 24.3 Å². The summed E-state index contributed by atoms with van der Waals surface area (Å²) in [6, 6.07) is 11.6. The highest BCUT2D eigenvalue weighted by atomic mass is 16.6. The minimum absolute atomic E-state index is 0.0630. The van der Waals surface area contributed by atoms with Crippen molar-refractivity contribution < 1.29 is 33.3 Å². The molecule has 0 unspecified atom stereocenters. The van der Waals surface area contributed by atoms with E-state index in [1.807, 2.05) is 36.4 Å². The molecule has 4 atom stereocenters. The van der Waals surface area contributed by atoms with Gasteiger partial charge in [0.05, 0.1) is 12.3 Å². The van der Waals surface area contributed by atoms with Gasteiger partial charge in [-0.2, -0.15) is 0 Å². The summed E-state index contributed by atoms with van der Waals surface area (Å²) in [5.74, 6) is -1.37. The molecule has 9 heteroatoms. The summed E-state index contributed by atoms with van der Waals surface area (Å²) >= 11 is 0. The Bertz CT molecular complexity index is 1080. The van der Waals surface area contributed by atoms with Crippen molar-refractivity contribution in [1.29, 1.82) is 0 Å². The van der Waals surface area contributed by atoms with Crippen molar-refractivity contribution >= 4 is 45.9 Å². The van der Waals surface area contributed by atoms with Crippen LogP contribution in [-0.2, 0) is 33.3 Å². The van der Waals surface area contributed by atoms with Crippen molar-refractivity contribution in [3.05, 3.63) is 36.4 Å². The molecule has 2 aromatic carbocycles. The van der Waals surface area contributed by atoms with E-state index in [-0.39, 0.29) is 6.61 Å². The number of anilines is 1. The molecule has 0 radical (unpaired) electrons. The van der Waals surface area contributed by atoms with Crippen LogP contribution in [0.3, 0.4) is 0 Å². The lowest BCUT2D eigenvalue weighted by atomic mass is 9.96. The topological polar surface area (TPSA) is 113 Å². The number of esters is 3. The molecule has 2 aliphatic heterocycles. The second kappa shape index (κ2) is 8.35. The quantitative estimate of drug-likeness (QED) is 0.586. The van der Waals surface area contributed by atoms with E-state index in [0.717, 1.165) is 22.1 Å². The largest absolute Gasteiger partial charge is 0.456 e. The first-order valence-electron chi connectivity index (χ1n) is 9.84. The second-order valence-corrected chi connectivity index (χ2v) is 7.35. The predicted molar refractivity (Wildman–Crippen MR) is 111 cm³/mol. The third-order valence-electron chi connectivity index (χ3n) is 5.01. The Labute approximate surface area is 178 Å². The number of ether oxygens (including phenoxy) is 4. The third kappa shape index (κ3) is 4.22. The summed E-state index contributed by atoms with van der Waals surface area (Å²) in [6.45, 7) is 3.64. The summed E-state index contributed by atoms with van der Waals surface area (Å²) in [7, 11) is 0. The Balaban J connectivity index is 1.73. The molecule has 0 saturated carbocycles. The van der Waals surface area contributed by atoms with Gasteiger partial charge in [-0.05, 0) is 17.5 Å². The first kappa shape index (κ1) is 20.8. The monoisotopic (exact) mass is 426 g/mol. The average molecular weight is 426 g/mol. The minimum atomic E-state index is -1.07. The fourth-order valence-electron chi connectivity index (χ4n) is 3.92. The van der Waals surface area contributed by atoms with E-state index in [2.05, 4.69) is 10.3 Å². The van der Waals surface area contributed by atoms with Gasteiger partial charge in [0.15, 0.2) is 24.4 Å². The van der Waals surface area contributed by atoms with Crippen LogP contribution in [0.4, 0.5) is 11.4 Å². The number of hydrogen-bond acceptors (Lipinski definition) is 9. The Morgan fingerprint density at radius 1 is 0.935 bits per heavy atom. The highest BCUT2D eigenvalue weighted by Gasteiger charge is 2.49. The molecular formula is C22H22N2O7. The Kier molecular flexibility index (Phi) is 5.60. The van der Waals surface area contributed by atoms with Gasteiger partial charge in [-0.3, -0.25) is 14.4 Å². The molecule has 31 heavy (non-hydrogen) atoms. The van der Waals surface area contributed by atoms with Crippen LogP contribution in [0.15, 0.2) is 41.4 Å². The van der Waals surface area contributed by atoms with E-state index in [1.54, 1.807) is 0 Å². The van der Waals surface area contributed by atoms with Crippen LogP contribution >= 0.6 is 0 Å². The lowest BCUT2D eigenvalue weighted by Crippen LogP contribution is -2.60. The zero-order valence-electron chi connectivity index (χ0n) is 17.3. The van der Waals surface area contributed by atoms with Gasteiger partial charge in [-0.15, -0.1) is 0 Å². The highest BCUT2D eigenvalue weighted by Crippen LogP contribution is 2.37. The Morgan fingerprint density at radius 3 is 2.26 bits per heavy atom. The normalized spacial score (nSPS) is 24.5. The molecule has 0 amide bonds. The maximum atomic E-state index is 11.9. The number of nitrogens with one attached hydrogen (secondary N) is 1. The average Bonchev–Trinajstić information content (AvgIpc) is 2.70. The first-order valence-corrected chi connectivity index (χ1v) is 9.84. The van der Waals surface area contributed by atoms with E-state index in [0.29, 0.717) is 5.84 Å². The zero-order valence-corrected chi connectivity index (χ0v) is 17.3. The van der Waals surface area contributed by atoms with Crippen molar-refractivity contribution in [1.82, 2.24) is 0 Å². The number of hydrogen-bond donors (Lipinski definition) is 1. The lowest BCUT2D eigenvalue weighted by molar-refractivity contribution is -0.216. The molecule has 0 bridgehead atoms. The molecular weight excluding hydrogens is 404 g/mol. The summed E-state index contributed by atoms with van der Waals surface area (Å²) < 4.78 is 22.1. The number of benzene rings is 2. The van der Waals surface area contributed by atoms with Gasteiger partial charge in [0.25, 0.3) is 0 Å². The van der Waals surface area contributed by atoms with E-state index in [4.69, 9.17) is 18.9 Å². The predicted octanol–water partition coefficient (Wildman–Crippen LogP) is 2.49. The standard InChI is InChI=1S/C22H22N2O7/c1-11(25)29-17-10-28-21(20(31-13(3)27)19(17)30-12(2)26)22-23-15-8-4-6-14-7-5-9-16(24-22)18(14)15/h4-9,17,19-21H,10H2,1-3H3,(H,23,24)/t17-,19+,20-,21-/m1/s1. The van der Waals surface area contributed by atoms with E-state index in [1.165, 1.54) is 20.8 Å². The number of amidine groups is 1. The van der Waals surface area contributed by atoms with Gasteiger partial charge < -0.3 is 24.3 Å². The summed E-state index contributed by atoms with van der Waals surface area (Å²) in [5.41, 5.74) is 1.56. The number of nitrogens with zero attached hydrogens (tertiary/aromatic N) is 1. The number of carbonyl (C=O) groups excluding carboxylic acids is 3. The Morgan fingerprint density at radius 2 is 1.58 bits per heavy atom. The molecule has 1 saturated heterocycles. The van der Waals surface area contributed by atoms with Crippen molar-refractivity contribution in [2.75, 3.05) is 11.9 Å². The number of rotatable bonds is 4. The minimum Gasteiger partial charge on any atom is -0.456 e. The molecule has 4 rings (SSSR count). The number of aliphatic imine (C=N–C) groups is 1. The van der Waals surface area contributed by atoms with E-state index < -0.39 is 42.3 Å². The van der Waals surface area contributed by atoms with Crippen LogP contribution in [0.5, 0.6) is 0 Å². The molecule has 0 aliphatic carbocycles. The van der Waals surface area contributed by atoms with Crippen molar-refractivity contribution in [2.24, 2.45) is 4.99 Å². The Hall–Kier alpha value is -3.46. The molecule has 2 aliphatic rings. The van der Waals surface area contributed by atoms with Gasteiger partial charge in [0, 0.05) is 31.8 Å². The van der Waals surface area contributed by atoms with Crippen LogP contribution in [-0.4, -0.2) is 54.8 Å². The SMILES string of the molecule is CC(=O)O[C@@H]1[C@@H](OC(C)=O)[C@H](C2=Nc3cccc4cccc(c34)N2)OC[C@H]1OC(C)=O. The summed E-state index contributed by atoms with van der Waals surface area (Å²) in [6.07, 6.45) is -3.93. The van der Waals surface area contributed by atoms with Crippen LogP contribution in [0, 0.1) is 0 Å². The van der Waals surface area contributed by atoms with Crippen LogP contribution in [0.1, 0.15) is 20.8 Å². The van der Waals surface area contributed by atoms with E-state index >= 15 is 0 Å². The van der Waals surface area contributed by atoms with Gasteiger partial charge >= 0.3 is 17.9 Å². The van der Waals surface area contributed by atoms with Crippen molar-refractivity contribution in [3.8, 4) is 0 Å². The van der Waals surface area contributed by atoms with Crippen LogP contribution in [0.2, 0.25) is 0 Å². The maximum absolute atomic E-state index is 11.9. The number of carbonyl (C=O) groups is 3. The molecule has 2 aromatic rings. The molecule has 0 aromatic heterocycles. The van der Waals surface area contributed by atoms with Gasteiger partial charge in [-0.25, -0.2) is 4.99 Å². The van der Waals surface area contributed by atoms with Crippen LogP contribution < -0.4 is 5.32 Å². The fourth-order valence-corrected chi connectivity index (χ4v) is 3.92. The van der Waals surface area contributed by atoms with Gasteiger partial charge in [0.1, 0.15) is 5.84 Å². The van der Waals surface area contributed by atoms with Gasteiger partial charge in [0.2, 0.25) is 0 Å². The molecule has 2 heterocycles. The highest BCUT2D eigenvalue weighted by molar-refractivity contribution is 6.15. The molecule has 0 spiro atoms. The molecule has 162 valence electrons. The maximum Gasteiger partial charge on any atom is 0.303 e. The lowest BCUT2D eigenvalue weighted by Gasteiger charge is -2.41.